The number of hydrogen-bond acceptors (Lipinski definition) is 3. The predicted octanol–water partition coefficient (Wildman–Crippen LogP) is 3.59. The molecule has 5 nitrogen and oxygen atoms in total. The fraction of sp³-hybridized carbons (Fsp3) is 0.278. The van der Waals surface area contributed by atoms with Crippen LogP contribution in [-0.2, 0) is 5.41 Å². The highest BCUT2D eigenvalue weighted by Crippen LogP contribution is 2.52. The van der Waals surface area contributed by atoms with E-state index in [0.29, 0.717) is 5.06 Å². The van der Waals surface area contributed by atoms with Crippen molar-refractivity contribution in [3.8, 4) is 11.5 Å². The number of carbonyl (C=O) groups is 1. The summed E-state index contributed by atoms with van der Waals surface area (Å²) in [5, 5.41) is 10.3. The summed E-state index contributed by atoms with van der Waals surface area (Å²) in [5.41, 5.74) is 6.95. The number of nitrogens with zero attached hydrogens (tertiary/aromatic N) is 1. The van der Waals surface area contributed by atoms with E-state index in [1.807, 2.05) is 55.5 Å². The van der Waals surface area contributed by atoms with E-state index in [4.69, 9.17) is 10.5 Å². The van der Waals surface area contributed by atoms with E-state index in [-0.39, 0.29) is 12.0 Å². The van der Waals surface area contributed by atoms with Crippen LogP contribution in [0.1, 0.15) is 24.0 Å². The van der Waals surface area contributed by atoms with Gasteiger partial charge in [-0.05, 0) is 43.5 Å². The lowest BCUT2D eigenvalue weighted by Crippen LogP contribution is -2.38. The SMILES string of the molecule is Cc1cccc(Oc2ccccc2C2(CN(O)C(N)=O)CC2)c1. The van der Waals surface area contributed by atoms with Crippen molar-refractivity contribution < 1.29 is 14.7 Å². The second kappa shape index (κ2) is 5.93. The highest BCUT2D eigenvalue weighted by molar-refractivity contribution is 5.71. The first-order valence-corrected chi connectivity index (χ1v) is 7.60. The van der Waals surface area contributed by atoms with Crippen LogP contribution in [0.4, 0.5) is 4.79 Å². The summed E-state index contributed by atoms with van der Waals surface area (Å²) in [6.07, 6.45) is 1.76. The number of hydrogen-bond donors (Lipinski definition) is 2. The van der Waals surface area contributed by atoms with Gasteiger partial charge >= 0.3 is 6.03 Å². The molecule has 0 spiro atoms. The molecule has 120 valence electrons. The second-order valence-electron chi connectivity index (χ2n) is 6.09. The van der Waals surface area contributed by atoms with Crippen molar-refractivity contribution in [3.63, 3.8) is 0 Å². The molecule has 3 N–H and O–H groups in total. The number of ether oxygens (including phenoxy) is 1. The number of primary amides is 1. The zero-order valence-corrected chi connectivity index (χ0v) is 13.0. The molecule has 5 heteroatoms. The Morgan fingerprint density at radius 3 is 2.65 bits per heavy atom. The number of nitrogens with two attached hydrogens (primary N) is 1. The second-order valence-corrected chi connectivity index (χ2v) is 6.09. The first kappa shape index (κ1) is 15.4. The van der Waals surface area contributed by atoms with E-state index in [9.17, 15) is 10.0 Å². The van der Waals surface area contributed by atoms with Gasteiger partial charge in [0.25, 0.3) is 0 Å². The van der Waals surface area contributed by atoms with Crippen molar-refractivity contribution in [2.75, 3.05) is 6.54 Å². The summed E-state index contributed by atoms with van der Waals surface area (Å²) in [6, 6.07) is 14.7. The molecule has 0 radical (unpaired) electrons. The largest absolute Gasteiger partial charge is 0.457 e. The van der Waals surface area contributed by atoms with Gasteiger partial charge < -0.3 is 10.5 Å². The molecule has 2 aromatic carbocycles. The van der Waals surface area contributed by atoms with Gasteiger partial charge in [0.1, 0.15) is 11.5 Å². The quantitative estimate of drug-likeness (QED) is 0.654. The van der Waals surface area contributed by atoms with Gasteiger partial charge in [0.2, 0.25) is 0 Å². The molecule has 1 fully saturated rings. The molecule has 1 aliphatic rings. The topological polar surface area (TPSA) is 75.8 Å². The Labute approximate surface area is 135 Å². The Bertz CT molecular complexity index is 726. The number of rotatable bonds is 5. The van der Waals surface area contributed by atoms with E-state index >= 15 is 0 Å². The number of benzene rings is 2. The van der Waals surface area contributed by atoms with Crippen LogP contribution < -0.4 is 10.5 Å². The van der Waals surface area contributed by atoms with E-state index in [1.165, 1.54) is 0 Å². The van der Waals surface area contributed by atoms with E-state index in [1.54, 1.807) is 0 Å². The minimum atomic E-state index is -0.839. The molecule has 0 heterocycles. The van der Waals surface area contributed by atoms with E-state index in [0.717, 1.165) is 35.5 Å². The van der Waals surface area contributed by atoms with Crippen molar-refractivity contribution in [1.82, 2.24) is 5.06 Å². The Kier molecular flexibility index (Phi) is 3.96. The smallest absolute Gasteiger partial charge is 0.338 e. The Hall–Kier alpha value is -2.53. The van der Waals surface area contributed by atoms with Crippen LogP contribution in [-0.4, -0.2) is 22.8 Å². The Morgan fingerprint density at radius 2 is 2.00 bits per heavy atom. The van der Waals surface area contributed by atoms with Crippen LogP contribution in [0.2, 0.25) is 0 Å². The number of aryl methyl sites for hydroxylation is 1. The fourth-order valence-corrected chi connectivity index (χ4v) is 2.83. The fourth-order valence-electron chi connectivity index (χ4n) is 2.83. The summed E-state index contributed by atoms with van der Waals surface area (Å²) in [7, 11) is 0. The third kappa shape index (κ3) is 3.29. The molecule has 0 unspecified atom stereocenters. The molecule has 3 rings (SSSR count). The third-order valence-corrected chi connectivity index (χ3v) is 4.24. The lowest BCUT2D eigenvalue weighted by molar-refractivity contribution is -0.0464. The zero-order valence-electron chi connectivity index (χ0n) is 13.0. The molecule has 0 atom stereocenters. The van der Waals surface area contributed by atoms with Gasteiger partial charge in [-0.25, -0.2) is 9.86 Å². The van der Waals surface area contributed by atoms with Crippen LogP contribution in [0, 0.1) is 6.92 Å². The van der Waals surface area contributed by atoms with E-state index < -0.39 is 6.03 Å². The molecular formula is C18H20N2O3. The van der Waals surface area contributed by atoms with Crippen molar-refractivity contribution in [2.24, 2.45) is 5.73 Å². The van der Waals surface area contributed by atoms with Crippen molar-refractivity contribution in [1.29, 1.82) is 0 Å². The summed E-state index contributed by atoms with van der Waals surface area (Å²) < 4.78 is 6.04. The van der Waals surface area contributed by atoms with Crippen LogP contribution in [0.15, 0.2) is 48.5 Å². The maximum atomic E-state index is 11.1. The van der Waals surface area contributed by atoms with E-state index in [2.05, 4.69) is 0 Å². The van der Waals surface area contributed by atoms with Gasteiger partial charge in [-0.3, -0.25) is 5.21 Å². The van der Waals surface area contributed by atoms with Crippen LogP contribution in [0.5, 0.6) is 11.5 Å². The zero-order chi connectivity index (χ0) is 16.4. The lowest BCUT2D eigenvalue weighted by atomic mass is 9.94. The summed E-state index contributed by atoms with van der Waals surface area (Å²) in [6.45, 7) is 2.19. The molecule has 0 aliphatic heterocycles. The first-order chi connectivity index (χ1) is 11.0. The summed E-state index contributed by atoms with van der Waals surface area (Å²) in [5.74, 6) is 1.51. The average Bonchev–Trinajstić information content (AvgIpc) is 3.28. The first-order valence-electron chi connectivity index (χ1n) is 7.60. The van der Waals surface area contributed by atoms with Crippen molar-refractivity contribution in [2.45, 2.75) is 25.2 Å². The lowest BCUT2D eigenvalue weighted by Gasteiger charge is -2.23. The molecule has 1 saturated carbocycles. The number of hydroxylamine groups is 2. The summed E-state index contributed by atoms with van der Waals surface area (Å²) in [4.78, 5) is 11.1. The molecule has 1 aliphatic carbocycles. The van der Waals surface area contributed by atoms with Crippen LogP contribution in [0.25, 0.3) is 0 Å². The Balaban J connectivity index is 1.88. The van der Waals surface area contributed by atoms with Crippen LogP contribution in [0.3, 0.4) is 0 Å². The molecule has 23 heavy (non-hydrogen) atoms. The van der Waals surface area contributed by atoms with Gasteiger partial charge in [0.05, 0.1) is 6.54 Å². The average molecular weight is 312 g/mol. The van der Waals surface area contributed by atoms with Gasteiger partial charge in [0.15, 0.2) is 0 Å². The Morgan fingerprint density at radius 1 is 1.26 bits per heavy atom. The minimum Gasteiger partial charge on any atom is -0.457 e. The number of urea groups is 1. The monoisotopic (exact) mass is 312 g/mol. The van der Waals surface area contributed by atoms with Gasteiger partial charge in [-0.15, -0.1) is 0 Å². The summed E-state index contributed by atoms with van der Waals surface area (Å²) >= 11 is 0. The number of para-hydroxylation sites is 1. The highest BCUT2D eigenvalue weighted by Gasteiger charge is 2.48. The van der Waals surface area contributed by atoms with Gasteiger partial charge in [0, 0.05) is 11.0 Å². The number of carbonyl (C=O) groups excluding carboxylic acids is 1. The molecule has 2 aromatic rings. The predicted molar refractivity (Wildman–Crippen MR) is 86.7 cm³/mol. The molecular weight excluding hydrogens is 292 g/mol. The van der Waals surface area contributed by atoms with Crippen LogP contribution >= 0.6 is 0 Å². The highest BCUT2D eigenvalue weighted by atomic mass is 16.5. The maximum absolute atomic E-state index is 11.1. The molecule has 0 bridgehead atoms. The third-order valence-electron chi connectivity index (χ3n) is 4.24. The van der Waals surface area contributed by atoms with Crippen molar-refractivity contribution in [3.05, 3.63) is 59.7 Å². The molecule has 0 aromatic heterocycles. The standard InChI is InChI=1S/C18H20N2O3/c1-13-5-4-6-14(11-13)23-16-8-3-2-7-15(16)18(9-10-18)12-20(22)17(19)21/h2-8,11,22H,9-10,12H2,1H3,(H2,19,21). The minimum absolute atomic E-state index is 0.177. The normalized spacial score (nSPS) is 15.0. The van der Waals surface area contributed by atoms with Gasteiger partial charge in [-0.1, -0.05) is 30.3 Å². The van der Waals surface area contributed by atoms with Gasteiger partial charge in [-0.2, -0.15) is 0 Å². The number of amides is 2. The van der Waals surface area contributed by atoms with Crippen molar-refractivity contribution >= 4 is 6.03 Å². The maximum Gasteiger partial charge on any atom is 0.338 e. The molecule has 0 saturated heterocycles. The molecule has 2 amide bonds.